The van der Waals surface area contributed by atoms with Gasteiger partial charge in [-0.2, -0.15) is 0 Å². The smallest absolute Gasteiger partial charge is 0.339 e. The summed E-state index contributed by atoms with van der Waals surface area (Å²) in [6.07, 6.45) is 2.36. The summed E-state index contributed by atoms with van der Waals surface area (Å²) in [4.78, 5) is 29.3. The number of aryl methyl sites for hydroxylation is 2. The largest absolute Gasteiger partial charge is 0.463 e. The Hall–Kier alpha value is -3.94. The molecule has 30 heavy (non-hydrogen) atoms. The average molecular weight is 405 g/mol. The van der Waals surface area contributed by atoms with Crippen LogP contribution in [0.4, 0.5) is 5.69 Å². The van der Waals surface area contributed by atoms with Gasteiger partial charge in [0, 0.05) is 5.69 Å². The summed E-state index contributed by atoms with van der Waals surface area (Å²) in [7, 11) is 0. The van der Waals surface area contributed by atoms with E-state index in [9.17, 15) is 9.59 Å². The summed E-state index contributed by atoms with van der Waals surface area (Å²) in [6, 6.07) is 12.5. The first-order valence-electron chi connectivity index (χ1n) is 9.42. The standard InChI is InChI=1S/C22H19N3O5/c1-3-14-6-4-7-15(10-14)23-19(26)12-29-22(27)16-11-17(18-8-5-9-28-18)24-21-20(16)13(2)25-30-21/h4-11H,3,12H2,1-2H3,(H,23,26). The van der Waals surface area contributed by atoms with Gasteiger partial charge in [0.25, 0.3) is 11.6 Å². The lowest BCUT2D eigenvalue weighted by atomic mass is 10.1. The van der Waals surface area contributed by atoms with E-state index < -0.39 is 18.5 Å². The monoisotopic (exact) mass is 405 g/mol. The Kier molecular flexibility index (Phi) is 5.30. The fourth-order valence-electron chi connectivity index (χ4n) is 3.08. The molecule has 0 aliphatic rings. The summed E-state index contributed by atoms with van der Waals surface area (Å²) >= 11 is 0. The van der Waals surface area contributed by atoms with Crippen molar-refractivity contribution in [3.8, 4) is 11.5 Å². The summed E-state index contributed by atoms with van der Waals surface area (Å²) in [5.41, 5.74) is 3.03. The Morgan fingerprint density at radius 3 is 2.80 bits per heavy atom. The summed E-state index contributed by atoms with van der Waals surface area (Å²) < 4.78 is 15.8. The molecule has 0 radical (unpaired) electrons. The van der Waals surface area contributed by atoms with Gasteiger partial charge in [-0.25, -0.2) is 9.78 Å². The number of nitrogens with zero attached hydrogens (tertiary/aromatic N) is 2. The van der Waals surface area contributed by atoms with E-state index in [-0.39, 0.29) is 11.3 Å². The number of carbonyl (C=O) groups is 2. The highest BCUT2D eigenvalue weighted by Gasteiger charge is 2.22. The average Bonchev–Trinajstić information content (AvgIpc) is 3.42. The fourth-order valence-corrected chi connectivity index (χ4v) is 3.08. The highest BCUT2D eigenvalue weighted by Crippen LogP contribution is 2.27. The number of nitrogens with one attached hydrogen (secondary N) is 1. The molecule has 0 aliphatic carbocycles. The number of pyridine rings is 1. The van der Waals surface area contributed by atoms with Crippen LogP contribution in [-0.4, -0.2) is 28.6 Å². The highest BCUT2D eigenvalue weighted by molar-refractivity contribution is 6.05. The predicted molar refractivity (Wildman–Crippen MR) is 109 cm³/mol. The molecule has 0 saturated carbocycles. The van der Waals surface area contributed by atoms with Crippen molar-refractivity contribution >= 4 is 28.7 Å². The first-order chi connectivity index (χ1) is 14.5. The molecule has 8 nitrogen and oxygen atoms in total. The van der Waals surface area contributed by atoms with Gasteiger partial charge < -0.3 is 19.0 Å². The van der Waals surface area contributed by atoms with Gasteiger partial charge in [-0.15, -0.1) is 0 Å². The molecule has 0 saturated heterocycles. The van der Waals surface area contributed by atoms with E-state index in [0.717, 1.165) is 12.0 Å². The molecule has 152 valence electrons. The number of anilines is 1. The number of benzene rings is 1. The Morgan fingerprint density at radius 2 is 2.03 bits per heavy atom. The SMILES string of the molecule is CCc1cccc(NC(=O)COC(=O)c2cc(-c3ccco3)nc3onc(C)c23)c1. The summed E-state index contributed by atoms with van der Waals surface area (Å²) in [5, 5.41) is 7.04. The third-order valence-corrected chi connectivity index (χ3v) is 4.56. The van der Waals surface area contributed by atoms with E-state index in [4.69, 9.17) is 13.7 Å². The van der Waals surface area contributed by atoms with Crippen LogP contribution in [0.1, 0.15) is 28.5 Å². The quantitative estimate of drug-likeness (QED) is 0.480. The molecule has 1 aromatic carbocycles. The third kappa shape index (κ3) is 3.93. The molecule has 0 bridgehead atoms. The normalized spacial score (nSPS) is 10.9. The molecular formula is C22H19N3O5. The lowest BCUT2D eigenvalue weighted by Crippen LogP contribution is -2.21. The van der Waals surface area contributed by atoms with E-state index in [2.05, 4.69) is 15.5 Å². The minimum absolute atomic E-state index is 0.189. The Bertz CT molecular complexity index is 1210. The van der Waals surface area contributed by atoms with Gasteiger partial charge in [0.15, 0.2) is 12.4 Å². The Morgan fingerprint density at radius 1 is 1.17 bits per heavy atom. The maximum absolute atomic E-state index is 12.8. The zero-order valence-electron chi connectivity index (χ0n) is 16.5. The fraction of sp³-hybridized carbons (Fsp3) is 0.182. The van der Waals surface area contributed by atoms with Crippen molar-refractivity contribution in [1.29, 1.82) is 0 Å². The number of aromatic nitrogens is 2. The van der Waals surface area contributed by atoms with Gasteiger partial charge in [0.05, 0.1) is 22.9 Å². The molecular weight excluding hydrogens is 386 g/mol. The maximum atomic E-state index is 12.8. The maximum Gasteiger partial charge on any atom is 0.339 e. The first kappa shape index (κ1) is 19.4. The molecule has 0 spiro atoms. The van der Waals surface area contributed by atoms with E-state index in [1.54, 1.807) is 25.1 Å². The van der Waals surface area contributed by atoms with Crippen molar-refractivity contribution in [1.82, 2.24) is 10.1 Å². The van der Waals surface area contributed by atoms with Crippen LogP contribution in [0, 0.1) is 6.92 Å². The van der Waals surface area contributed by atoms with E-state index in [1.165, 1.54) is 12.3 Å². The van der Waals surface area contributed by atoms with Gasteiger partial charge in [-0.3, -0.25) is 4.79 Å². The topological polar surface area (TPSA) is 107 Å². The number of carbonyl (C=O) groups excluding carboxylic acids is 2. The minimum Gasteiger partial charge on any atom is -0.463 e. The molecule has 1 amide bonds. The second kappa shape index (κ2) is 8.20. The highest BCUT2D eigenvalue weighted by atomic mass is 16.5. The molecule has 0 aliphatic heterocycles. The zero-order valence-corrected chi connectivity index (χ0v) is 16.5. The Labute approximate surface area is 171 Å². The van der Waals surface area contributed by atoms with Crippen LogP contribution in [-0.2, 0) is 16.0 Å². The zero-order chi connectivity index (χ0) is 21.1. The van der Waals surface area contributed by atoms with Crippen LogP contribution in [0.15, 0.2) is 57.7 Å². The van der Waals surface area contributed by atoms with Crippen molar-refractivity contribution in [3.05, 3.63) is 65.5 Å². The van der Waals surface area contributed by atoms with Gasteiger partial charge in [0.1, 0.15) is 5.69 Å². The van der Waals surface area contributed by atoms with Crippen LogP contribution in [0.3, 0.4) is 0 Å². The number of hydrogen-bond donors (Lipinski definition) is 1. The molecule has 8 heteroatoms. The van der Waals surface area contributed by atoms with Crippen molar-refractivity contribution in [2.75, 3.05) is 11.9 Å². The molecule has 0 atom stereocenters. The Balaban J connectivity index is 1.52. The van der Waals surface area contributed by atoms with E-state index >= 15 is 0 Å². The van der Waals surface area contributed by atoms with Gasteiger partial charge >= 0.3 is 5.97 Å². The number of rotatable bonds is 6. The predicted octanol–water partition coefficient (Wildman–Crippen LogP) is 4.15. The molecule has 4 aromatic rings. The lowest BCUT2D eigenvalue weighted by molar-refractivity contribution is -0.119. The molecule has 3 aromatic heterocycles. The number of furan rings is 1. The van der Waals surface area contributed by atoms with Crippen LogP contribution in [0.25, 0.3) is 22.6 Å². The lowest BCUT2D eigenvalue weighted by Gasteiger charge is -2.09. The summed E-state index contributed by atoms with van der Waals surface area (Å²) in [5.74, 6) is -0.650. The second-order valence-electron chi connectivity index (χ2n) is 6.66. The first-order valence-corrected chi connectivity index (χ1v) is 9.42. The van der Waals surface area contributed by atoms with Crippen molar-refractivity contribution in [3.63, 3.8) is 0 Å². The van der Waals surface area contributed by atoms with Gasteiger partial charge in [0.2, 0.25) is 0 Å². The summed E-state index contributed by atoms with van der Waals surface area (Å²) in [6.45, 7) is 3.30. The number of esters is 1. The second-order valence-corrected chi connectivity index (χ2v) is 6.66. The van der Waals surface area contributed by atoms with Crippen LogP contribution >= 0.6 is 0 Å². The number of fused-ring (bicyclic) bond motifs is 1. The number of hydrogen-bond acceptors (Lipinski definition) is 7. The molecule has 0 fully saturated rings. The molecule has 3 heterocycles. The van der Waals surface area contributed by atoms with E-state index in [1.807, 2.05) is 25.1 Å². The number of amides is 1. The van der Waals surface area contributed by atoms with Crippen molar-refractivity contribution in [2.45, 2.75) is 20.3 Å². The molecule has 0 unspecified atom stereocenters. The van der Waals surface area contributed by atoms with Crippen LogP contribution < -0.4 is 5.32 Å². The van der Waals surface area contributed by atoms with Gasteiger partial charge in [-0.1, -0.05) is 24.2 Å². The minimum atomic E-state index is -0.682. The van der Waals surface area contributed by atoms with Crippen LogP contribution in [0.2, 0.25) is 0 Å². The van der Waals surface area contributed by atoms with Crippen LogP contribution in [0.5, 0.6) is 0 Å². The third-order valence-electron chi connectivity index (χ3n) is 4.56. The molecule has 4 rings (SSSR count). The molecule has 1 N–H and O–H groups in total. The van der Waals surface area contributed by atoms with Gasteiger partial charge in [-0.05, 0) is 49.2 Å². The number of ether oxygens (including phenoxy) is 1. The van der Waals surface area contributed by atoms with Crippen molar-refractivity contribution < 1.29 is 23.3 Å². The van der Waals surface area contributed by atoms with Crippen molar-refractivity contribution in [2.24, 2.45) is 0 Å². The van der Waals surface area contributed by atoms with E-state index in [0.29, 0.717) is 28.2 Å².